The van der Waals surface area contributed by atoms with Crippen LogP contribution in [-0.4, -0.2) is 25.7 Å². The highest BCUT2D eigenvalue weighted by atomic mass is 35.5. The van der Waals surface area contributed by atoms with Gasteiger partial charge in [-0.25, -0.2) is 0 Å². The summed E-state index contributed by atoms with van der Waals surface area (Å²) < 4.78 is 22.6. The van der Waals surface area contributed by atoms with Crippen LogP contribution in [-0.2, 0) is 22.6 Å². The normalized spacial score (nSPS) is 15.1. The Bertz CT molecular complexity index is 1140. The summed E-state index contributed by atoms with van der Waals surface area (Å²) in [7, 11) is 1.32. The van der Waals surface area contributed by atoms with E-state index in [0.29, 0.717) is 41.2 Å². The van der Waals surface area contributed by atoms with Crippen molar-refractivity contribution in [2.75, 3.05) is 13.7 Å². The summed E-state index contributed by atoms with van der Waals surface area (Å²) >= 11 is 12.0. The fraction of sp³-hybridized carbons (Fsp3) is 0.240. The van der Waals surface area contributed by atoms with Crippen molar-refractivity contribution < 1.29 is 23.7 Å². The molecule has 1 unspecified atom stereocenters. The van der Waals surface area contributed by atoms with Crippen LogP contribution < -0.4 is 19.9 Å². The van der Waals surface area contributed by atoms with Gasteiger partial charge in [0.25, 0.3) is 0 Å². The number of nitrogens with two attached hydrogens (primary N) is 1. The number of carbonyl (C=O) groups excluding carboxylic acids is 1. The van der Waals surface area contributed by atoms with Crippen LogP contribution in [0.1, 0.15) is 22.8 Å². The Balaban J connectivity index is 0.00000324. The van der Waals surface area contributed by atoms with Crippen LogP contribution in [0.15, 0.2) is 60.7 Å². The molecule has 0 fully saturated rings. The second-order valence-corrected chi connectivity index (χ2v) is 8.45. The molecule has 0 aromatic heterocycles. The van der Waals surface area contributed by atoms with Crippen LogP contribution in [0.25, 0.3) is 0 Å². The average Bonchev–Trinajstić information content (AvgIpc) is 2.84. The highest BCUT2D eigenvalue weighted by molar-refractivity contribution is 6.42. The number of fused-ring (bicyclic) bond motifs is 1. The predicted octanol–water partition coefficient (Wildman–Crippen LogP) is 5.55. The van der Waals surface area contributed by atoms with E-state index in [0.717, 1.165) is 22.4 Å². The van der Waals surface area contributed by atoms with Crippen molar-refractivity contribution in [3.63, 3.8) is 0 Å². The Morgan fingerprint density at radius 1 is 1.03 bits per heavy atom. The molecule has 3 aromatic carbocycles. The molecule has 6 nitrogen and oxygen atoms in total. The maximum Gasteiger partial charge on any atom is 0.322 e. The third-order valence-electron chi connectivity index (χ3n) is 5.27. The number of ether oxygens (including phenoxy) is 4. The molecule has 0 amide bonds. The zero-order valence-electron chi connectivity index (χ0n) is 18.3. The van der Waals surface area contributed by atoms with Gasteiger partial charge in [-0.2, -0.15) is 0 Å². The Hall–Kier alpha value is -2.64. The predicted molar refractivity (Wildman–Crippen MR) is 133 cm³/mol. The molecule has 1 aliphatic rings. The lowest BCUT2D eigenvalue weighted by atomic mass is 10.0. The maximum absolute atomic E-state index is 11.5. The van der Waals surface area contributed by atoms with Gasteiger partial charge in [-0.3, -0.25) is 4.79 Å². The summed E-state index contributed by atoms with van der Waals surface area (Å²) in [5, 5.41) is 1.02. The largest absolute Gasteiger partial charge is 0.489 e. The van der Waals surface area contributed by atoms with Crippen molar-refractivity contribution in [2.24, 2.45) is 5.73 Å². The summed E-state index contributed by atoms with van der Waals surface area (Å²) in [5.41, 5.74) is 8.62. The van der Waals surface area contributed by atoms with Crippen LogP contribution in [0.4, 0.5) is 0 Å². The first-order chi connectivity index (χ1) is 15.9. The minimum Gasteiger partial charge on any atom is -0.489 e. The highest BCUT2D eigenvalue weighted by Gasteiger charge is 2.24. The highest BCUT2D eigenvalue weighted by Crippen LogP contribution is 2.37. The monoisotopic (exact) mass is 523 g/mol. The molecule has 0 spiro atoms. The molecule has 34 heavy (non-hydrogen) atoms. The number of carbonyl (C=O) groups is 1. The van der Waals surface area contributed by atoms with E-state index in [2.05, 4.69) is 4.74 Å². The quantitative estimate of drug-likeness (QED) is 0.408. The van der Waals surface area contributed by atoms with E-state index >= 15 is 0 Å². The zero-order chi connectivity index (χ0) is 23.4. The molecule has 2 N–H and O–H groups in total. The van der Waals surface area contributed by atoms with E-state index in [4.69, 9.17) is 43.1 Å². The number of methoxy groups -OCH3 is 1. The molecule has 180 valence electrons. The van der Waals surface area contributed by atoms with E-state index in [9.17, 15) is 4.79 Å². The van der Waals surface area contributed by atoms with Crippen molar-refractivity contribution in [1.82, 2.24) is 0 Å². The maximum atomic E-state index is 11.5. The van der Waals surface area contributed by atoms with Gasteiger partial charge in [-0.05, 0) is 59.5 Å². The first kappa shape index (κ1) is 26.0. The topological polar surface area (TPSA) is 80.0 Å². The van der Waals surface area contributed by atoms with Gasteiger partial charge in [-0.1, -0.05) is 47.5 Å². The molecule has 2 atom stereocenters. The molecule has 0 radical (unpaired) electrons. The lowest BCUT2D eigenvalue weighted by Gasteiger charge is -2.27. The van der Waals surface area contributed by atoms with Crippen molar-refractivity contribution >= 4 is 41.6 Å². The Labute approximate surface area is 214 Å². The van der Waals surface area contributed by atoms with Crippen molar-refractivity contribution in [1.29, 1.82) is 0 Å². The second-order valence-electron chi connectivity index (χ2n) is 7.64. The number of hydrogen-bond acceptors (Lipinski definition) is 6. The summed E-state index contributed by atoms with van der Waals surface area (Å²) in [4.78, 5) is 11.5. The molecule has 0 saturated heterocycles. The van der Waals surface area contributed by atoms with Gasteiger partial charge in [0.2, 0.25) is 0 Å². The first-order valence-corrected chi connectivity index (χ1v) is 11.1. The van der Waals surface area contributed by atoms with Crippen LogP contribution >= 0.6 is 35.6 Å². The lowest BCUT2D eigenvalue weighted by Crippen LogP contribution is -2.33. The molecule has 3 aromatic rings. The van der Waals surface area contributed by atoms with Gasteiger partial charge in [0, 0.05) is 0 Å². The summed E-state index contributed by atoms with van der Waals surface area (Å²) in [6.45, 7) is 0.748. The summed E-state index contributed by atoms with van der Waals surface area (Å²) in [5.74, 6) is 1.55. The third-order valence-corrected chi connectivity index (χ3v) is 6.01. The Kier molecular flexibility index (Phi) is 8.91. The van der Waals surface area contributed by atoms with Gasteiger partial charge in [0.15, 0.2) is 17.6 Å². The lowest BCUT2D eigenvalue weighted by molar-refractivity contribution is -0.142. The molecule has 0 saturated carbocycles. The molecule has 4 rings (SSSR count). The molecule has 9 heteroatoms. The number of rotatable bonds is 7. The van der Waals surface area contributed by atoms with E-state index in [1.54, 1.807) is 12.1 Å². The standard InChI is InChI=1S/C25H23Cl2NO5.ClH/c1-30-25(29)21(28)11-15-3-9-22-23(12-15)32-14-24(33-22)17-4-6-18(7-5-17)31-13-16-2-8-19(26)20(27)10-16;/h2-10,12,21,24H,11,13-14,28H2,1H3;1H/t21-,24?;/m0./s1. The molecule has 1 aliphatic heterocycles. The first-order valence-electron chi connectivity index (χ1n) is 10.4. The minimum absolute atomic E-state index is 0. The van der Waals surface area contributed by atoms with Crippen LogP contribution in [0, 0.1) is 0 Å². The second kappa shape index (κ2) is 11.7. The summed E-state index contributed by atoms with van der Waals surface area (Å²) in [6.07, 6.45) is 0.112. The fourth-order valence-electron chi connectivity index (χ4n) is 3.47. The number of esters is 1. The Morgan fingerprint density at radius 3 is 2.47 bits per heavy atom. The smallest absolute Gasteiger partial charge is 0.322 e. The number of halogens is 3. The minimum atomic E-state index is -0.720. The van der Waals surface area contributed by atoms with E-state index in [-0.39, 0.29) is 18.5 Å². The molecule has 1 heterocycles. The Morgan fingerprint density at radius 2 is 1.76 bits per heavy atom. The van der Waals surface area contributed by atoms with Gasteiger partial charge in [0.1, 0.15) is 25.0 Å². The van der Waals surface area contributed by atoms with Crippen molar-refractivity contribution in [2.45, 2.75) is 25.2 Å². The number of hydrogen-bond donors (Lipinski definition) is 1. The van der Waals surface area contributed by atoms with Crippen molar-refractivity contribution in [3.05, 3.63) is 87.4 Å². The molecular weight excluding hydrogens is 501 g/mol. The van der Waals surface area contributed by atoms with Crippen molar-refractivity contribution in [3.8, 4) is 17.2 Å². The van der Waals surface area contributed by atoms with Gasteiger partial charge < -0.3 is 24.7 Å². The van der Waals surface area contributed by atoms with Gasteiger partial charge >= 0.3 is 5.97 Å². The zero-order valence-corrected chi connectivity index (χ0v) is 20.7. The third kappa shape index (κ3) is 6.27. The van der Waals surface area contributed by atoms with E-state index < -0.39 is 12.0 Å². The van der Waals surface area contributed by atoms with Crippen LogP contribution in [0.2, 0.25) is 10.0 Å². The molecular formula is C25H24Cl3NO5. The fourth-order valence-corrected chi connectivity index (χ4v) is 3.79. The van der Waals surface area contributed by atoms with Gasteiger partial charge in [0.05, 0.1) is 17.2 Å². The summed E-state index contributed by atoms with van der Waals surface area (Å²) in [6, 6.07) is 17.9. The molecule has 0 bridgehead atoms. The molecule has 0 aliphatic carbocycles. The van der Waals surface area contributed by atoms with E-state index in [1.807, 2.05) is 48.5 Å². The SMILES string of the molecule is COC(=O)[C@@H](N)Cc1ccc2c(c1)OCC(c1ccc(OCc3ccc(Cl)c(Cl)c3)cc1)O2.Cl. The van der Waals surface area contributed by atoms with Crippen LogP contribution in [0.5, 0.6) is 17.2 Å². The van der Waals surface area contributed by atoms with Crippen LogP contribution in [0.3, 0.4) is 0 Å². The number of benzene rings is 3. The van der Waals surface area contributed by atoms with E-state index in [1.165, 1.54) is 7.11 Å². The average molecular weight is 525 g/mol. The van der Waals surface area contributed by atoms with Gasteiger partial charge in [-0.15, -0.1) is 12.4 Å².